The predicted octanol–water partition coefficient (Wildman–Crippen LogP) is 3.36. The van der Waals surface area contributed by atoms with Crippen molar-refractivity contribution in [3.8, 4) is 0 Å². The standard InChI is InChI=1S/C23H19N3O2/c27-22-11-16(13-24-26-22)23(28)25-17-8-5-15-7-9-19-18-4-2-1-3-14(18)6-10-20(19)21(15)12-17/h1-4,6-7,9-11,13,17H,5,8,12H2,(H,25,28)(H,26,27)/t17-/m0/s1. The van der Waals surface area contributed by atoms with Crippen LogP contribution in [-0.2, 0) is 12.8 Å². The number of carbonyl (C=O) groups is 1. The van der Waals surface area contributed by atoms with Gasteiger partial charge >= 0.3 is 0 Å². The molecule has 0 saturated carbocycles. The lowest BCUT2D eigenvalue weighted by Crippen LogP contribution is -2.39. The van der Waals surface area contributed by atoms with Gasteiger partial charge in [0.1, 0.15) is 0 Å². The number of H-pyrrole nitrogens is 1. The molecule has 28 heavy (non-hydrogen) atoms. The molecule has 5 nitrogen and oxygen atoms in total. The third-order valence-corrected chi connectivity index (χ3v) is 5.61. The number of nitrogens with one attached hydrogen (secondary N) is 2. The number of aromatic amines is 1. The molecule has 0 radical (unpaired) electrons. The van der Waals surface area contributed by atoms with Gasteiger partial charge in [0.05, 0.1) is 11.8 Å². The minimum absolute atomic E-state index is 0.0383. The maximum Gasteiger partial charge on any atom is 0.264 e. The van der Waals surface area contributed by atoms with Crippen LogP contribution in [0.2, 0.25) is 0 Å². The first-order valence-electron chi connectivity index (χ1n) is 9.47. The molecule has 1 aliphatic carbocycles. The second kappa shape index (κ2) is 6.60. The van der Waals surface area contributed by atoms with Crippen LogP contribution >= 0.6 is 0 Å². The third-order valence-electron chi connectivity index (χ3n) is 5.61. The quantitative estimate of drug-likeness (QED) is 0.532. The van der Waals surface area contributed by atoms with Gasteiger partial charge in [0.15, 0.2) is 0 Å². The molecular formula is C23H19N3O2. The largest absolute Gasteiger partial charge is 0.349 e. The Hall–Kier alpha value is -3.47. The fraction of sp³-hybridized carbons (Fsp3) is 0.174. The van der Waals surface area contributed by atoms with Crippen molar-refractivity contribution in [1.29, 1.82) is 0 Å². The maximum atomic E-state index is 12.5. The van der Waals surface area contributed by atoms with Crippen LogP contribution in [0.4, 0.5) is 0 Å². The maximum absolute atomic E-state index is 12.5. The molecular weight excluding hydrogens is 350 g/mol. The molecule has 0 aliphatic heterocycles. The highest BCUT2D eigenvalue weighted by molar-refractivity contribution is 6.08. The van der Waals surface area contributed by atoms with E-state index < -0.39 is 0 Å². The van der Waals surface area contributed by atoms with Gasteiger partial charge in [0.2, 0.25) is 0 Å². The van der Waals surface area contributed by atoms with Crippen molar-refractivity contribution >= 4 is 27.5 Å². The van der Waals surface area contributed by atoms with Gasteiger partial charge in [-0.05, 0) is 51.9 Å². The summed E-state index contributed by atoms with van der Waals surface area (Å²) in [5.41, 5.74) is 2.58. The number of rotatable bonds is 2. The topological polar surface area (TPSA) is 74.8 Å². The van der Waals surface area contributed by atoms with E-state index in [-0.39, 0.29) is 17.5 Å². The summed E-state index contributed by atoms with van der Waals surface area (Å²) in [5, 5.41) is 14.1. The zero-order valence-corrected chi connectivity index (χ0v) is 15.2. The van der Waals surface area contributed by atoms with Crippen molar-refractivity contribution in [3.63, 3.8) is 0 Å². The molecule has 138 valence electrons. The van der Waals surface area contributed by atoms with Gasteiger partial charge in [-0.3, -0.25) is 9.59 Å². The van der Waals surface area contributed by atoms with Gasteiger partial charge in [0.25, 0.3) is 11.5 Å². The number of benzene rings is 3. The minimum Gasteiger partial charge on any atom is -0.349 e. The fourth-order valence-electron chi connectivity index (χ4n) is 4.24. The van der Waals surface area contributed by atoms with Gasteiger partial charge in [0, 0.05) is 12.1 Å². The molecule has 1 heterocycles. The van der Waals surface area contributed by atoms with E-state index in [4.69, 9.17) is 0 Å². The van der Waals surface area contributed by atoms with Crippen molar-refractivity contribution in [2.45, 2.75) is 25.3 Å². The van der Waals surface area contributed by atoms with E-state index in [2.05, 4.69) is 64.0 Å². The number of amides is 1. The van der Waals surface area contributed by atoms with E-state index in [1.54, 1.807) is 0 Å². The van der Waals surface area contributed by atoms with Crippen molar-refractivity contribution in [1.82, 2.24) is 15.5 Å². The molecule has 0 spiro atoms. The van der Waals surface area contributed by atoms with Gasteiger partial charge in [-0.2, -0.15) is 5.10 Å². The summed E-state index contributed by atoms with van der Waals surface area (Å²) in [7, 11) is 0. The molecule has 0 fully saturated rings. The summed E-state index contributed by atoms with van der Waals surface area (Å²) in [6.07, 6.45) is 3.98. The van der Waals surface area contributed by atoms with Crippen molar-refractivity contribution in [2.75, 3.05) is 0 Å². The molecule has 4 aromatic rings. The predicted molar refractivity (Wildman–Crippen MR) is 110 cm³/mol. The van der Waals surface area contributed by atoms with E-state index in [0.717, 1.165) is 19.3 Å². The van der Waals surface area contributed by atoms with Crippen LogP contribution in [0.1, 0.15) is 27.9 Å². The smallest absolute Gasteiger partial charge is 0.264 e. The molecule has 3 aromatic carbocycles. The lowest BCUT2D eigenvalue weighted by molar-refractivity contribution is 0.0933. The Labute approximate surface area is 161 Å². The monoisotopic (exact) mass is 369 g/mol. The first-order valence-corrected chi connectivity index (χ1v) is 9.47. The molecule has 2 N–H and O–H groups in total. The highest BCUT2D eigenvalue weighted by Gasteiger charge is 2.23. The van der Waals surface area contributed by atoms with E-state index in [0.29, 0.717) is 5.56 Å². The van der Waals surface area contributed by atoms with E-state index >= 15 is 0 Å². The third kappa shape index (κ3) is 2.85. The SMILES string of the molecule is O=C(N[C@H]1CCc2ccc3c(ccc4ccccc43)c2C1)c1cn[nH]c(=O)c1. The summed E-state index contributed by atoms with van der Waals surface area (Å²) in [6, 6.07) is 18.5. The van der Waals surface area contributed by atoms with Crippen LogP contribution in [0.25, 0.3) is 21.5 Å². The Bertz CT molecular complexity index is 1280. The first-order chi connectivity index (χ1) is 13.7. The highest BCUT2D eigenvalue weighted by atomic mass is 16.2. The number of aromatic nitrogens is 2. The average molecular weight is 369 g/mol. The molecule has 1 amide bonds. The highest BCUT2D eigenvalue weighted by Crippen LogP contribution is 2.33. The normalized spacial score (nSPS) is 16.1. The molecule has 0 bridgehead atoms. The Morgan fingerprint density at radius 1 is 1.04 bits per heavy atom. The minimum atomic E-state index is -0.375. The number of fused-ring (bicyclic) bond motifs is 5. The molecule has 1 aromatic heterocycles. The zero-order valence-electron chi connectivity index (χ0n) is 15.2. The molecule has 1 aliphatic rings. The van der Waals surface area contributed by atoms with Crippen LogP contribution < -0.4 is 10.9 Å². The molecule has 1 atom stereocenters. The van der Waals surface area contributed by atoms with Crippen LogP contribution in [0.5, 0.6) is 0 Å². The van der Waals surface area contributed by atoms with Crippen molar-refractivity contribution in [3.05, 3.63) is 87.8 Å². The van der Waals surface area contributed by atoms with Crippen LogP contribution in [-0.4, -0.2) is 22.1 Å². The van der Waals surface area contributed by atoms with E-state index in [1.165, 1.54) is 44.9 Å². The van der Waals surface area contributed by atoms with Crippen LogP contribution in [0.15, 0.2) is 65.6 Å². The van der Waals surface area contributed by atoms with Crippen molar-refractivity contribution < 1.29 is 4.79 Å². The van der Waals surface area contributed by atoms with Crippen LogP contribution in [0.3, 0.4) is 0 Å². The summed E-state index contributed by atoms with van der Waals surface area (Å²) in [4.78, 5) is 23.9. The Morgan fingerprint density at radius 2 is 1.89 bits per heavy atom. The first kappa shape index (κ1) is 16.7. The Balaban J connectivity index is 1.49. The molecule has 5 heteroatoms. The van der Waals surface area contributed by atoms with E-state index in [9.17, 15) is 9.59 Å². The number of hydrogen-bond donors (Lipinski definition) is 2. The summed E-state index contributed by atoms with van der Waals surface area (Å²) in [5.74, 6) is -0.252. The Kier molecular flexibility index (Phi) is 3.93. The zero-order chi connectivity index (χ0) is 19.1. The number of carbonyl (C=O) groups excluding carboxylic acids is 1. The average Bonchev–Trinajstić information content (AvgIpc) is 2.73. The number of aryl methyl sites for hydroxylation is 1. The van der Waals surface area contributed by atoms with Gasteiger partial charge in [-0.15, -0.1) is 0 Å². The Morgan fingerprint density at radius 3 is 2.79 bits per heavy atom. The fourth-order valence-corrected chi connectivity index (χ4v) is 4.24. The van der Waals surface area contributed by atoms with Gasteiger partial charge in [-0.25, -0.2) is 5.10 Å². The summed E-state index contributed by atoms with van der Waals surface area (Å²) < 4.78 is 0. The summed E-state index contributed by atoms with van der Waals surface area (Å²) in [6.45, 7) is 0. The second-order valence-corrected chi connectivity index (χ2v) is 7.33. The number of hydrogen-bond acceptors (Lipinski definition) is 3. The lowest BCUT2D eigenvalue weighted by atomic mass is 9.84. The molecule has 0 saturated heterocycles. The van der Waals surface area contributed by atoms with Gasteiger partial charge in [-0.1, -0.05) is 48.5 Å². The molecule has 5 rings (SSSR count). The van der Waals surface area contributed by atoms with Crippen molar-refractivity contribution in [2.24, 2.45) is 0 Å². The summed E-state index contributed by atoms with van der Waals surface area (Å²) >= 11 is 0. The van der Waals surface area contributed by atoms with Crippen LogP contribution in [0, 0.1) is 0 Å². The molecule has 0 unspecified atom stereocenters. The van der Waals surface area contributed by atoms with E-state index in [1.807, 2.05) is 0 Å². The second-order valence-electron chi connectivity index (χ2n) is 7.33. The lowest BCUT2D eigenvalue weighted by Gasteiger charge is -2.27. The van der Waals surface area contributed by atoms with Gasteiger partial charge < -0.3 is 5.32 Å². The number of nitrogens with zero attached hydrogens (tertiary/aromatic N) is 1.